The van der Waals surface area contributed by atoms with Crippen LogP contribution in [0.2, 0.25) is 0 Å². The minimum atomic E-state index is -0.785. The lowest BCUT2D eigenvalue weighted by atomic mass is 10.0. The number of carbonyl (C=O) groups excluding carboxylic acids is 3. The molecule has 424 valence electrons. The predicted molar refractivity (Wildman–Crippen MR) is 316 cm³/mol. The number of ether oxygens (including phenoxy) is 3. The van der Waals surface area contributed by atoms with Crippen molar-refractivity contribution in [1.29, 1.82) is 0 Å². The van der Waals surface area contributed by atoms with Gasteiger partial charge in [-0.05, 0) is 83.5 Å². The fourth-order valence-corrected chi connectivity index (χ4v) is 9.25. The van der Waals surface area contributed by atoms with Crippen molar-refractivity contribution >= 4 is 17.9 Å². The van der Waals surface area contributed by atoms with Gasteiger partial charge in [0.05, 0.1) is 0 Å². The molecule has 1 atom stereocenters. The van der Waals surface area contributed by atoms with Crippen LogP contribution in [0.5, 0.6) is 0 Å². The lowest BCUT2D eigenvalue weighted by molar-refractivity contribution is -0.167. The molecule has 0 N–H and O–H groups in total. The molecular formula is C67H120O6. The van der Waals surface area contributed by atoms with E-state index in [2.05, 4.69) is 81.5 Å². The van der Waals surface area contributed by atoms with Crippen LogP contribution >= 0.6 is 0 Å². The van der Waals surface area contributed by atoms with Crippen molar-refractivity contribution in [1.82, 2.24) is 0 Å². The van der Waals surface area contributed by atoms with Crippen molar-refractivity contribution in [3.63, 3.8) is 0 Å². The van der Waals surface area contributed by atoms with Gasteiger partial charge in [0, 0.05) is 19.3 Å². The predicted octanol–water partition coefficient (Wildman–Crippen LogP) is 21.6. The number of hydrogen-bond acceptors (Lipinski definition) is 6. The molecule has 0 aromatic heterocycles. The van der Waals surface area contributed by atoms with Gasteiger partial charge in [-0.3, -0.25) is 14.4 Å². The van der Waals surface area contributed by atoms with Crippen molar-refractivity contribution in [2.45, 2.75) is 335 Å². The fourth-order valence-electron chi connectivity index (χ4n) is 9.25. The van der Waals surface area contributed by atoms with Gasteiger partial charge in [0.2, 0.25) is 0 Å². The molecule has 73 heavy (non-hydrogen) atoms. The Morgan fingerprint density at radius 2 is 0.534 bits per heavy atom. The molecular weight excluding hydrogens is 901 g/mol. The van der Waals surface area contributed by atoms with Crippen LogP contribution < -0.4 is 0 Å². The van der Waals surface area contributed by atoms with Crippen LogP contribution in [0, 0.1) is 0 Å². The van der Waals surface area contributed by atoms with Gasteiger partial charge in [-0.1, -0.05) is 287 Å². The first kappa shape index (κ1) is 70.1. The molecule has 6 nitrogen and oxygen atoms in total. The molecule has 0 spiro atoms. The van der Waals surface area contributed by atoms with E-state index in [1.165, 1.54) is 186 Å². The van der Waals surface area contributed by atoms with Gasteiger partial charge in [-0.2, -0.15) is 0 Å². The van der Waals surface area contributed by atoms with Gasteiger partial charge in [0.1, 0.15) is 13.2 Å². The normalized spacial score (nSPS) is 12.4. The Kier molecular flexibility index (Phi) is 59.2. The van der Waals surface area contributed by atoms with E-state index in [1.807, 2.05) is 0 Å². The average Bonchev–Trinajstić information content (AvgIpc) is 3.39. The topological polar surface area (TPSA) is 78.9 Å². The second kappa shape index (κ2) is 61.7. The first-order valence-electron chi connectivity index (χ1n) is 31.8. The third kappa shape index (κ3) is 59.9. The largest absolute Gasteiger partial charge is 0.462 e. The fraction of sp³-hybridized carbons (Fsp3) is 0.806. The molecule has 0 heterocycles. The third-order valence-corrected chi connectivity index (χ3v) is 14.0. The summed E-state index contributed by atoms with van der Waals surface area (Å²) < 4.78 is 16.9. The van der Waals surface area contributed by atoms with E-state index in [9.17, 15) is 14.4 Å². The maximum absolute atomic E-state index is 12.9. The van der Waals surface area contributed by atoms with Crippen LogP contribution in [-0.4, -0.2) is 37.2 Å². The lowest BCUT2D eigenvalue weighted by Crippen LogP contribution is -2.30. The Morgan fingerprint density at radius 3 is 0.849 bits per heavy atom. The molecule has 0 aliphatic rings. The minimum Gasteiger partial charge on any atom is -0.462 e. The second-order valence-corrected chi connectivity index (χ2v) is 21.3. The number of esters is 3. The molecule has 6 heteroatoms. The van der Waals surface area contributed by atoms with E-state index < -0.39 is 6.10 Å². The highest BCUT2D eigenvalue weighted by Crippen LogP contribution is 2.17. The molecule has 0 aliphatic carbocycles. The number of hydrogen-bond donors (Lipinski definition) is 0. The summed E-state index contributed by atoms with van der Waals surface area (Å²) in [6, 6.07) is 0. The van der Waals surface area contributed by atoms with Gasteiger partial charge in [0.25, 0.3) is 0 Å². The molecule has 0 saturated carbocycles. The molecule has 0 aromatic carbocycles. The molecule has 0 bridgehead atoms. The van der Waals surface area contributed by atoms with E-state index in [0.29, 0.717) is 19.3 Å². The van der Waals surface area contributed by atoms with Gasteiger partial charge in [-0.15, -0.1) is 0 Å². The highest BCUT2D eigenvalue weighted by Gasteiger charge is 2.19. The van der Waals surface area contributed by atoms with Gasteiger partial charge >= 0.3 is 17.9 Å². The second-order valence-electron chi connectivity index (χ2n) is 21.3. The minimum absolute atomic E-state index is 0.0796. The van der Waals surface area contributed by atoms with E-state index in [4.69, 9.17) is 14.2 Å². The van der Waals surface area contributed by atoms with Crippen LogP contribution in [-0.2, 0) is 28.6 Å². The van der Waals surface area contributed by atoms with Crippen LogP contribution in [0.1, 0.15) is 329 Å². The lowest BCUT2D eigenvalue weighted by Gasteiger charge is -2.18. The standard InChI is InChI=1S/C67H120O6/c1-4-7-10-13-16-19-22-25-28-30-32-33-34-36-37-39-42-45-48-51-54-57-60-66(69)72-63-64(62-71-65(68)59-56-53-50-47-44-41-27-24-21-18-15-12-9-6-3)73-67(70)61-58-55-52-49-46-43-40-38-35-31-29-26-23-20-17-14-11-8-5-2/h8,11,17,20,24,26-27,29,35,38,64H,4-7,9-10,12-16,18-19,21-23,25,28,30-34,36-37,39-63H2,1-3H3/b11-8-,20-17-,27-24-,29-26-,38-35-. The smallest absolute Gasteiger partial charge is 0.306 e. The molecule has 0 radical (unpaired) electrons. The molecule has 1 unspecified atom stereocenters. The van der Waals surface area contributed by atoms with Crippen LogP contribution in [0.25, 0.3) is 0 Å². The maximum Gasteiger partial charge on any atom is 0.306 e. The number of unbranched alkanes of at least 4 members (excludes halogenated alkanes) is 37. The average molecular weight is 1020 g/mol. The SMILES string of the molecule is CC/C=C\C/C=C\C/C=C\C/C=C\CCCCCCCCC(=O)OC(COC(=O)CCCCCCC/C=C\CCCCCCC)COC(=O)CCCCCCCCCCCCCCCCCCCCCCCC. The van der Waals surface area contributed by atoms with Crippen molar-refractivity contribution in [2.75, 3.05) is 13.2 Å². The zero-order valence-corrected chi connectivity index (χ0v) is 48.7. The highest BCUT2D eigenvalue weighted by atomic mass is 16.6. The van der Waals surface area contributed by atoms with Crippen molar-refractivity contribution in [3.05, 3.63) is 60.8 Å². The number of allylic oxidation sites excluding steroid dienone is 10. The Labute approximate surface area is 453 Å². The first-order chi connectivity index (χ1) is 36.0. The Balaban J connectivity index is 4.33. The first-order valence-corrected chi connectivity index (χ1v) is 31.8. The zero-order valence-electron chi connectivity index (χ0n) is 48.7. The summed E-state index contributed by atoms with van der Waals surface area (Å²) in [5.41, 5.74) is 0. The Hall–Kier alpha value is -2.89. The summed E-state index contributed by atoms with van der Waals surface area (Å²) >= 11 is 0. The van der Waals surface area contributed by atoms with Gasteiger partial charge < -0.3 is 14.2 Å². The summed E-state index contributed by atoms with van der Waals surface area (Å²) in [5.74, 6) is -0.885. The quantitative estimate of drug-likeness (QED) is 0.0261. The summed E-state index contributed by atoms with van der Waals surface area (Å²) in [6.07, 6.45) is 78.0. The summed E-state index contributed by atoms with van der Waals surface area (Å²) in [6.45, 7) is 6.55. The van der Waals surface area contributed by atoms with Crippen molar-refractivity contribution in [2.24, 2.45) is 0 Å². The van der Waals surface area contributed by atoms with Crippen molar-refractivity contribution in [3.8, 4) is 0 Å². The Morgan fingerprint density at radius 1 is 0.288 bits per heavy atom. The highest BCUT2D eigenvalue weighted by molar-refractivity contribution is 5.71. The van der Waals surface area contributed by atoms with Gasteiger partial charge in [0.15, 0.2) is 6.10 Å². The number of carbonyl (C=O) groups is 3. The number of rotatable bonds is 58. The molecule has 0 aliphatic heterocycles. The maximum atomic E-state index is 12.9. The Bertz CT molecular complexity index is 1310. The van der Waals surface area contributed by atoms with E-state index in [0.717, 1.165) is 103 Å². The molecule has 0 aromatic rings. The summed E-state index contributed by atoms with van der Waals surface area (Å²) in [4.78, 5) is 38.3. The van der Waals surface area contributed by atoms with E-state index in [-0.39, 0.29) is 31.1 Å². The van der Waals surface area contributed by atoms with Crippen LogP contribution in [0.15, 0.2) is 60.8 Å². The van der Waals surface area contributed by atoms with Gasteiger partial charge in [-0.25, -0.2) is 0 Å². The third-order valence-electron chi connectivity index (χ3n) is 14.0. The molecule has 0 saturated heterocycles. The van der Waals surface area contributed by atoms with Crippen LogP contribution in [0.3, 0.4) is 0 Å². The molecule has 0 rings (SSSR count). The monoisotopic (exact) mass is 1020 g/mol. The summed E-state index contributed by atoms with van der Waals surface area (Å²) in [5, 5.41) is 0. The van der Waals surface area contributed by atoms with E-state index in [1.54, 1.807) is 0 Å². The molecule has 0 amide bonds. The molecule has 0 fully saturated rings. The zero-order chi connectivity index (χ0) is 52.9. The van der Waals surface area contributed by atoms with Crippen molar-refractivity contribution < 1.29 is 28.6 Å². The van der Waals surface area contributed by atoms with Crippen LogP contribution in [0.4, 0.5) is 0 Å². The van der Waals surface area contributed by atoms with E-state index >= 15 is 0 Å². The summed E-state index contributed by atoms with van der Waals surface area (Å²) in [7, 11) is 0.